The average molecular weight is 238 g/mol. The van der Waals surface area contributed by atoms with E-state index in [1.807, 2.05) is 37.3 Å². The molecule has 0 aliphatic carbocycles. The molecular weight excluding hydrogens is 224 g/mol. The van der Waals surface area contributed by atoms with Gasteiger partial charge in [-0.3, -0.25) is 4.21 Å². The zero-order valence-electron chi connectivity index (χ0n) is 9.09. The highest BCUT2D eigenvalue weighted by atomic mass is 32.2. The highest BCUT2D eigenvalue weighted by molar-refractivity contribution is 7.88. The number of hydrogen-bond donors (Lipinski definition) is 0. The quantitative estimate of drug-likeness (QED) is 0.809. The Kier molecular flexibility index (Phi) is 3.74. The van der Waals surface area contributed by atoms with Gasteiger partial charge in [0.05, 0.1) is 16.6 Å². The minimum absolute atomic E-state index is 0.397. The Morgan fingerprint density at radius 3 is 2.88 bits per heavy atom. The second-order valence-electron chi connectivity index (χ2n) is 3.40. The maximum absolute atomic E-state index is 11.6. The molecule has 0 spiro atoms. The minimum Gasteiger partial charge on any atom is -0.463 e. The number of hydrogen-bond acceptors (Lipinski definition) is 3. The Balaban J connectivity index is 2.18. The van der Waals surface area contributed by atoms with Crippen LogP contribution in [-0.4, -0.2) is 22.9 Å². The summed E-state index contributed by atoms with van der Waals surface area (Å²) in [6, 6.07) is 9.64. The zero-order chi connectivity index (χ0) is 11.4. The lowest BCUT2D eigenvalue weighted by Gasteiger charge is -2.23. The van der Waals surface area contributed by atoms with Gasteiger partial charge in [-0.25, -0.2) is 0 Å². The molecule has 1 aliphatic rings. The summed E-state index contributed by atoms with van der Waals surface area (Å²) in [6.45, 7) is 2.46. The molecular formula is C12H14O3S. The fourth-order valence-electron chi connectivity index (χ4n) is 1.51. The SMILES string of the molecule is CCO[C@H]1CS(=O)C=C(c2ccccc2)O1. The number of benzene rings is 1. The van der Waals surface area contributed by atoms with E-state index in [0.717, 1.165) is 5.56 Å². The van der Waals surface area contributed by atoms with Crippen LogP contribution < -0.4 is 0 Å². The first-order chi connectivity index (χ1) is 7.79. The summed E-state index contributed by atoms with van der Waals surface area (Å²) in [7, 11) is -1.01. The first-order valence-electron chi connectivity index (χ1n) is 5.22. The van der Waals surface area contributed by atoms with Crippen molar-refractivity contribution in [2.24, 2.45) is 0 Å². The summed E-state index contributed by atoms with van der Waals surface area (Å²) in [5.74, 6) is 1.05. The average Bonchev–Trinajstić information content (AvgIpc) is 2.30. The molecule has 0 radical (unpaired) electrons. The fraction of sp³-hybridized carbons (Fsp3) is 0.333. The Hall–Kier alpha value is -1.13. The molecule has 3 nitrogen and oxygen atoms in total. The van der Waals surface area contributed by atoms with E-state index < -0.39 is 17.1 Å². The van der Waals surface area contributed by atoms with Crippen LogP contribution in [0.15, 0.2) is 35.7 Å². The monoisotopic (exact) mass is 238 g/mol. The van der Waals surface area contributed by atoms with Crippen LogP contribution in [0, 0.1) is 0 Å². The predicted octanol–water partition coefficient (Wildman–Crippen LogP) is 2.13. The van der Waals surface area contributed by atoms with Crippen LogP contribution in [0.2, 0.25) is 0 Å². The Morgan fingerprint density at radius 1 is 1.44 bits per heavy atom. The first kappa shape index (κ1) is 11.4. The summed E-state index contributed by atoms with van der Waals surface area (Å²) in [5.41, 5.74) is 0.931. The smallest absolute Gasteiger partial charge is 0.211 e. The Bertz CT molecular complexity index is 400. The number of ether oxygens (including phenoxy) is 2. The predicted molar refractivity (Wildman–Crippen MR) is 63.9 cm³/mol. The Morgan fingerprint density at radius 2 is 2.19 bits per heavy atom. The largest absolute Gasteiger partial charge is 0.463 e. The first-order valence-corrected chi connectivity index (χ1v) is 6.60. The van der Waals surface area contributed by atoms with Crippen LogP contribution in [0.4, 0.5) is 0 Å². The molecule has 0 saturated carbocycles. The van der Waals surface area contributed by atoms with Gasteiger partial charge in [0.2, 0.25) is 6.29 Å². The summed E-state index contributed by atoms with van der Waals surface area (Å²) < 4.78 is 22.6. The number of rotatable bonds is 3. The van der Waals surface area contributed by atoms with Crippen molar-refractivity contribution in [3.05, 3.63) is 41.3 Å². The van der Waals surface area contributed by atoms with Crippen molar-refractivity contribution in [2.45, 2.75) is 13.2 Å². The summed E-state index contributed by atoms with van der Waals surface area (Å²) >= 11 is 0. The van der Waals surface area contributed by atoms with Crippen LogP contribution in [-0.2, 0) is 20.3 Å². The van der Waals surface area contributed by atoms with E-state index in [9.17, 15) is 4.21 Å². The molecule has 4 heteroatoms. The lowest BCUT2D eigenvalue weighted by Crippen LogP contribution is -2.26. The van der Waals surface area contributed by atoms with E-state index in [1.54, 1.807) is 5.41 Å². The van der Waals surface area contributed by atoms with Gasteiger partial charge in [0.15, 0.2) is 0 Å². The molecule has 0 N–H and O–H groups in total. The van der Waals surface area contributed by atoms with Crippen molar-refractivity contribution in [2.75, 3.05) is 12.4 Å². The Labute approximate surface area is 97.5 Å². The van der Waals surface area contributed by atoms with Crippen LogP contribution >= 0.6 is 0 Å². The van der Waals surface area contributed by atoms with Crippen molar-refractivity contribution in [3.63, 3.8) is 0 Å². The normalized spacial score (nSPS) is 24.7. The van der Waals surface area contributed by atoms with Crippen LogP contribution in [0.3, 0.4) is 0 Å². The van der Waals surface area contributed by atoms with Gasteiger partial charge in [0.25, 0.3) is 0 Å². The zero-order valence-corrected chi connectivity index (χ0v) is 9.91. The van der Waals surface area contributed by atoms with Gasteiger partial charge in [-0.1, -0.05) is 30.3 Å². The van der Waals surface area contributed by atoms with Gasteiger partial charge < -0.3 is 9.47 Å². The van der Waals surface area contributed by atoms with E-state index in [0.29, 0.717) is 18.1 Å². The molecule has 0 bridgehead atoms. The van der Waals surface area contributed by atoms with Crippen LogP contribution in [0.25, 0.3) is 5.76 Å². The molecule has 1 aromatic rings. The molecule has 1 unspecified atom stereocenters. The maximum atomic E-state index is 11.6. The summed E-state index contributed by atoms with van der Waals surface area (Å²) in [5, 5.41) is 1.64. The van der Waals surface area contributed by atoms with Crippen molar-refractivity contribution < 1.29 is 13.7 Å². The second-order valence-corrected chi connectivity index (χ2v) is 4.73. The van der Waals surface area contributed by atoms with Gasteiger partial charge in [-0.15, -0.1) is 0 Å². The van der Waals surface area contributed by atoms with Crippen molar-refractivity contribution in [3.8, 4) is 0 Å². The molecule has 1 aromatic carbocycles. The van der Waals surface area contributed by atoms with Gasteiger partial charge in [0.1, 0.15) is 5.76 Å². The molecule has 2 atom stereocenters. The van der Waals surface area contributed by atoms with Gasteiger partial charge in [0, 0.05) is 17.6 Å². The van der Waals surface area contributed by atoms with Crippen molar-refractivity contribution >= 4 is 16.6 Å². The topological polar surface area (TPSA) is 35.5 Å². The van der Waals surface area contributed by atoms with Crippen molar-refractivity contribution in [1.29, 1.82) is 0 Å². The highest BCUT2D eigenvalue weighted by Gasteiger charge is 2.21. The fourth-order valence-corrected chi connectivity index (χ4v) is 2.47. The van der Waals surface area contributed by atoms with E-state index in [-0.39, 0.29) is 0 Å². The molecule has 2 rings (SSSR count). The van der Waals surface area contributed by atoms with Crippen molar-refractivity contribution in [1.82, 2.24) is 0 Å². The molecule has 1 aliphatic heterocycles. The molecule has 1 heterocycles. The van der Waals surface area contributed by atoms with E-state index in [1.165, 1.54) is 0 Å². The lowest BCUT2D eigenvalue weighted by atomic mass is 10.2. The molecule has 0 fully saturated rings. The molecule has 16 heavy (non-hydrogen) atoms. The summed E-state index contributed by atoms with van der Waals surface area (Å²) in [6.07, 6.45) is -0.397. The summed E-state index contributed by atoms with van der Waals surface area (Å²) in [4.78, 5) is 0. The maximum Gasteiger partial charge on any atom is 0.211 e. The molecule has 0 saturated heterocycles. The molecule has 0 amide bonds. The van der Waals surface area contributed by atoms with E-state index in [2.05, 4.69) is 0 Å². The second kappa shape index (κ2) is 5.27. The standard InChI is InChI=1S/C12H14O3S/c1-2-14-12-9-16(13)8-11(15-12)10-6-4-3-5-7-10/h3-8,12H,2,9H2,1H3/t12-,16?/m1/s1. The third-order valence-corrected chi connectivity index (χ3v) is 3.29. The van der Waals surface area contributed by atoms with Crippen LogP contribution in [0.5, 0.6) is 0 Å². The van der Waals surface area contributed by atoms with E-state index >= 15 is 0 Å². The van der Waals surface area contributed by atoms with Gasteiger partial charge in [-0.2, -0.15) is 0 Å². The van der Waals surface area contributed by atoms with Gasteiger partial charge in [-0.05, 0) is 6.92 Å². The molecule has 0 aromatic heterocycles. The third-order valence-electron chi connectivity index (χ3n) is 2.21. The molecule has 86 valence electrons. The van der Waals surface area contributed by atoms with Gasteiger partial charge >= 0.3 is 0 Å². The lowest BCUT2D eigenvalue weighted by molar-refractivity contribution is -0.0765. The van der Waals surface area contributed by atoms with Crippen LogP contribution in [0.1, 0.15) is 12.5 Å². The third kappa shape index (κ3) is 2.71. The minimum atomic E-state index is -1.01. The van der Waals surface area contributed by atoms with E-state index in [4.69, 9.17) is 9.47 Å². The highest BCUT2D eigenvalue weighted by Crippen LogP contribution is 2.23.